The number of pyridine rings is 1. The zero-order chi connectivity index (χ0) is 22.7. The molecule has 0 aliphatic carbocycles. The predicted octanol–water partition coefficient (Wildman–Crippen LogP) is 4.70. The highest BCUT2D eigenvalue weighted by Gasteiger charge is 2.20. The minimum absolute atomic E-state index is 0.121. The smallest absolute Gasteiger partial charge is 0.258 e. The van der Waals surface area contributed by atoms with E-state index >= 15 is 0 Å². The first-order valence-corrected chi connectivity index (χ1v) is 10.2. The number of anilines is 1. The molecule has 0 unspecified atom stereocenters. The van der Waals surface area contributed by atoms with Crippen LogP contribution in [0.15, 0.2) is 77.6 Å². The average Bonchev–Trinajstić information content (AvgIpc) is 2.82. The lowest BCUT2D eigenvalue weighted by Crippen LogP contribution is -2.32. The molecule has 1 amide bonds. The molecule has 0 saturated carbocycles. The van der Waals surface area contributed by atoms with Gasteiger partial charge in [-0.05, 0) is 78.5 Å². The Morgan fingerprint density at radius 1 is 0.875 bits per heavy atom. The molecule has 32 heavy (non-hydrogen) atoms. The van der Waals surface area contributed by atoms with E-state index in [0.717, 1.165) is 16.5 Å². The Balaban J connectivity index is 1.75. The molecule has 6 nitrogen and oxygen atoms in total. The number of carbonyl (C=O) groups is 1. The number of carbonyl (C=O) groups excluding carboxylic acids is 1. The van der Waals surface area contributed by atoms with Crippen LogP contribution in [0.1, 0.15) is 21.5 Å². The van der Waals surface area contributed by atoms with E-state index in [1.807, 2.05) is 31.2 Å². The number of H-pyrrole nitrogens is 1. The molecular formula is C26H24N2O4. The van der Waals surface area contributed by atoms with Crippen molar-refractivity contribution in [2.24, 2.45) is 0 Å². The van der Waals surface area contributed by atoms with Gasteiger partial charge in [-0.15, -0.1) is 0 Å². The summed E-state index contributed by atoms with van der Waals surface area (Å²) in [5.41, 5.74) is 3.28. The minimum Gasteiger partial charge on any atom is -0.497 e. The van der Waals surface area contributed by atoms with Gasteiger partial charge in [-0.2, -0.15) is 0 Å². The second kappa shape index (κ2) is 8.98. The number of fused-ring (bicyclic) bond motifs is 1. The number of ether oxygens (including phenoxy) is 2. The van der Waals surface area contributed by atoms with Crippen molar-refractivity contribution in [2.75, 3.05) is 19.1 Å². The zero-order valence-electron chi connectivity index (χ0n) is 18.2. The Kier molecular flexibility index (Phi) is 5.94. The Bertz CT molecular complexity index is 1310. The van der Waals surface area contributed by atoms with Crippen molar-refractivity contribution >= 4 is 22.5 Å². The normalized spacial score (nSPS) is 10.7. The van der Waals surface area contributed by atoms with Crippen LogP contribution in [0.25, 0.3) is 10.9 Å². The van der Waals surface area contributed by atoms with Crippen molar-refractivity contribution in [3.05, 3.63) is 99.8 Å². The summed E-state index contributed by atoms with van der Waals surface area (Å²) in [7, 11) is 3.17. The number of rotatable bonds is 6. The van der Waals surface area contributed by atoms with Gasteiger partial charge in [0.05, 0.1) is 20.8 Å². The van der Waals surface area contributed by atoms with Gasteiger partial charge < -0.3 is 19.4 Å². The molecule has 4 rings (SSSR count). The topological polar surface area (TPSA) is 71.6 Å². The fourth-order valence-corrected chi connectivity index (χ4v) is 3.58. The molecule has 162 valence electrons. The van der Waals surface area contributed by atoms with Gasteiger partial charge in [-0.3, -0.25) is 9.59 Å². The quantitative estimate of drug-likeness (QED) is 0.483. The third-order valence-electron chi connectivity index (χ3n) is 5.37. The molecule has 0 saturated heterocycles. The van der Waals surface area contributed by atoms with Crippen LogP contribution in [0.3, 0.4) is 0 Å². The molecule has 0 fully saturated rings. The van der Waals surface area contributed by atoms with Gasteiger partial charge in [-0.25, -0.2) is 0 Å². The van der Waals surface area contributed by atoms with E-state index in [2.05, 4.69) is 4.98 Å². The number of aryl methyl sites for hydroxylation is 1. The number of hydrogen-bond acceptors (Lipinski definition) is 4. The summed E-state index contributed by atoms with van der Waals surface area (Å²) in [5.74, 6) is 1.13. The Morgan fingerprint density at radius 2 is 1.50 bits per heavy atom. The second-order valence-corrected chi connectivity index (χ2v) is 7.53. The van der Waals surface area contributed by atoms with Crippen molar-refractivity contribution in [2.45, 2.75) is 13.5 Å². The van der Waals surface area contributed by atoms with Crippen LogP contribution in [0.5, 0.6) is 11.5 Å². The van der Waals surface area contributed by atoms with Crippen molar-refractivity contribution in [1.29, 1.82) is 0 Å². The maximum absolute atomic E-state index is 13.5. The van der Waals surface area contributed by atoms with Gasteiger partial charge in [0.25, 0.3) is 11.5 Å². The molecule has 0 spiro atoms. The zero-order valence-corrected chi connectivity index (χ0v) is 18.2. The predicted molar refractivity (Wildman–Crippen MR) is 126 cm³/mol. The molecule has 0 radical (unpaired) electrons. The summed E-state index contributed by atoms with van der Waals surface area (Å²) in [6, 6.07) is 21.8. The van der Waals surface area contributed by atoms with Crippen LogP contribution < -0.4 is 19.9 Å². The van der Waals surface area contributed by atoms with Crippen LogP contribution >= 0.6 is 0 Å². The summed E-state index contributed by atoms with van der Waals surface area (Å²) in [6.45, 7) is 2.10. The van der Waals surface area contributed by atoms with E-state index in [0.29, 0.717) is 28.3 Å². The van der Waals surface area contributed by atoms with E-state index in [1.54, 1.807) is 67.7 Å². The number of methoxy groups -OCH3 is 2. The van der Waals surface area contributed by atoms with Gasteiger partial charge in [0.2, 0.25) is 0 Å². The highest BCUT2D eigenvalue weighted by Crippen LogP contribution is 2.24. The maximum Gasteiger partial charge on any atom is 0.258 e. The maximum atomic E-state index is 13.5. The molecule has 6 heteroatoms. The molecule has 3 aromatic carbocycles. The molecule has 4 aromatic rings. The molecule has 1 heterocycles. The van der Waals surface area contributed by atoms with Crippen molar-refractivity contribution in [3.63, 3.8) is 0 Å². The van der Waals surface area contributed by atoms with Crippen LogP contribution in [-0.2, 0) is 6.54 Å². The number of nitrogens with zero attached hydrogens (tertiary/aromatic N) is 1. The van der Waals surface area contributed by atoms with Crippen LogP contribution in [0.4, 0.5) is 5.69 Å². The standard InChI is InChI=1S/C26H24N2O4/c1-17-4-5-19-15-20(25(29)27-24(19)14-17)16-28(21-8-12-23(32-3)13-9-21)26(30)18-6-10-22(31-2)11-7-18/h4-15H,16H2,1-3H3,(H,27,29). The third-order valence-corrected chi connectivity index (χ3v) is 5.37. The largest absolute Gasteiger partial charge is 0.497 e. The van der Waals surface area contributed by atoms with Gasteiger partial charge >= 0.3 is 0 Å². The fraction of sp³-hybridized carbons (Fsp3) is 0.154. The van der Waals surface area contributed by atoms with Crippen molar-refractivity contribution in [3.8, 4) is 11.5 Å². The molecule has 0 aliphatic rings. The summed E-state index contributed by atoms with van der Waals surface area (Å²) in [6.07, 6.45) is 0. The molecule has 0 aliphatic heterocycles. The first-order valence-electron chi connectivity index (χ1n) is 10.2. The summed E-state index contributed by atoms with van der Waals surface area (Å²) >= 11 is 0. The minimum atomic E-state index is -0.221. The van der Waals surface area contributed by atoms with E-state index in [1.165, 1.54) is 0 Å². The van der Waals surface area contributed by atoms with Gasteiger partial charge in [0.15, 0.2) is 0 Å². The number of aromatic amines is 1. The average molecular weight is 428 g/mol. The highest BCUT2D eigenvalue weighted by atomic mass is 16.5. The van der Waals surface area contributed by atoms with Crippen molar-refractivity contribution in [1.82, 2.24) is 4.98 Å². The van der Waals surface area contributed by atoms with E-state index in [4.69, 9.17) is 9.47 Å². The molecule has 0 atom stereocenters. The van der Waals surface area contributed by atoms with Crippen LogP contribution in [0, 0.1) is 6.92 Å². The SMILES string of the molecule is COc1ccc(C(=O)N(Cc2cc3ccc(C)cc3[nH]c2=O)c2ccc(OC)cc2)cc1. The Labute approximate surface area is 186 Å². The Morgan fingerprint density at radius 3 is 2.12 bits per heavy atom. The summed E-state index contributed by atoms with van der Waals surface area (Å²) in [5, 5.41) is 0.914. The van der Waals surface area contributed by atoms with E-state index in [-0.39, 0.29) is 18.0 Å². The lowest BCUT2D eigenvalue weighted by Gasteiger charge is -2.23. The lowest BCUT2D eigenvalue weighted by atomic mass is 10.1. The van der Waals surface area contributed by atoms with Crippen molar-refractivity contribution < 1.29 is 14.3 Å². The number of aromatic nitrogens is 1. The second-order valence-electron chi connectivity index (χ2n) is 7.53. The Hall–Kier alpha value is -4.06. The number of amides is 1. The van der Waals surface area contributed by atoms with Crippen LogP contribution in [-0.4, -0.2) is 25.1 Å². The molecular weight excluding hydrogens is 404 g/mol. The van der Waals surface area contributed by atoms with Gasteiger partial charge in [0.1, 0.15) is 11.5 Å². The summed E-state index contributed by atoms with van der Waals surface area (Å²) in [4.78, 5) is 30.8. The lowest BCUT2D eigenvalue weighted by molar-refractivity contribution is 0.0985. The van der Waals surface area contributed by atoms with E-state index in [9.17, 15) is 9.59 Å². The molecule has 0 bridgehead atoms. The highest BCUT2D eigenvalue weighted by molar-refractivity contribution is 6.06. The monoisotopic (exact) mass is 428 g/mol. The number of hydrogen-bond donors (Lipinski definition) is 1. The van der Waals surface area contributed by atoms with Gasteiger partial charge in [-0.1, -0.05) is 12.1 Å². The molecule has 1 aromatic heterocycles. The fourth-order valence-electron chi connectivity index (χ4n) is 3.58. The first-order chi connectivity index (χ1) is 15.5. The summed E-state index contributed by atoms with van der Waals surface area (Å²) < 4.78 is 10.4. The van der Waals surface area contributed by atoms with Gasteiger partial charge in [0, 0.05) is 22.3 Å². The third kappa shape index (κ3) is 4.34. The number of benzene rings is 3. The van der Waals surface area contributed by atoms with Crippen LogP contribution in [0.2, 0.25) is 0 Å². The number of nitrogens with one attached hydrogen (secondary N) is 1. The van der Waals surface area contributed by atoms with E-state index < -0.39 is 0 Å². The first kappa shape index (κ1) is 21.2. The molecule has 1 N–H and O–H groups in total.